The second-order valence-corrected chi connectivity index (χ2v) is 4.75. The number of carbonyl (C=O) groups is 1. The number of hydrogen-bond donors (Lipinski definition) is 2. The Morgan fingerprint density at radius 2 is 2.00 bits per heavy atom. The van der Waals surface area contributed by atoms with E-state index >= 15 is 0 Å². The summed E-state index contributed by atoms with van der Waals surface area (Å²) in [6.45, 7) is 0.130. The fourth-order valence-corrected chi connectivity index (χ4v) is 2.11. The van der Waals surface area contributed by atoms with Gasteiger partial charge in [0.15, 0.2) is 0 Å². The van der Waals surface area contributed by atoms with Gasteiger partial charge in [-0.05, 0) is 18.2 Å². The summed E-state index contributed by atoms with van der Waals surface area (Å²) in [5.74, 6) is -0.923. The van der Waals surface area contributed by atoms with Crippen LogP contribution in [0.2, 0.25) is 5.02 Å². The molecule has 1 aromatic carbocycles. The van der Waals surface area contributed by atoms with Gasteiger partial charge in [-0.1, -0.05) is 17.7 Å². The monoisotopic (exact) mass is 285 g/mol. The minimum absolute atomic E-state index is 0.0648. The summed E-state index contributed by atoms with van der Waals surface area (Å²) in [6, 6.07) is 4.25. The van der Waals surface area contributed by atoms with E-state index in [1.807, 2.05) is 0 Å². The highest BCUT2D eigenvalue weighted by Gasteiger charge is 2.31. The molecule has 0 spiro atoms. The van der Waals surface area contributed by atoms with Crippen LogP contribution < -0.4 is 0 Å². The van der Waals surface area contributed by atoms with E-state index in [0.717, 1.165) is 0 Å². The van der Waals surface area contributed by atoms with Crippen LogP contribution in [-0.2, 0) is 4.79 Å². The van der Waals surface area contributed by atoms with Crippen molar-refractivity contribution in [3.63, 3.8) is 0 Å². The van der Waals surface area contributed by atoms with Crippen molar-refractivity contribution < 1.29 is 19.4 Å². The van der Waals surface area contributed by atoms with Gasteiger partial charge < -0.3 is 15.1 Å². The molecule has 0 radical (unpaired) electrons. The lowest BCUT2D eigenvalue weighted by atomic mass is 10.2. The number of hydrogen-bond acceptors (Lipinski definition) is 3. The lowest BCUT2D eigenvalue weighted by Gasteiger charge is -2.12. The molecule has 1 saturated heterocycles. The van der Waals surface area contributed by atoms with Crippen LogP contribution in [0.3, 0.4) is 0 Å². The smallest absolute Gasteiger partial charge is 0.246 e. The third kappa shape index (κ3) is 3.12. The molecular weight excluding hydrogens is 273 g/mol. The summed E-state index contributed by atoms with van der Waals surface area (Å²) in [7, 11) is 0. The maximum atomic E-state index is 13.5. The molecule has 1 fully saturated rings. The van der Waals surface area contributed by atoms with E-state index in [4.69, 9.17) is 11.6 Å². The first-order valence-electron chi connectivity index (χ1n) is 5.76. The number of halogens is 2. The maximum absolute atomic E-state index is 13.5. The first kappa shape index (κ1) is 14.0. The highest BCUT2D eigenvalue weighted by molar-refractivity contribution is 6.32. The molecular formula is C13H13ClFNO3. The van der Waals surface area contributed by atoms with E-state index in [2.05, 4.69) is 0 Å². The van der Waals surface area contributed by atoms with Crippen molar-refractivity contribution in [1.29, 1.82) is 0 Å². The molecule has 1 aliphatic heterocycles. The molecule has 0 bridgehead atoms. The summed E-state index contributed by atoms with van der Waals surface area (Å²) in [5, 5.41) is 18.9. The zero-order valence-electron chi connectivity index (χ0n) is 9.96. The molecule has 0 aliphatic carbocycles. The van der Waals surface area contributed by atoms with Crippen molar-refractivity contribution in [1.82, 2.24) is 4.90 Å². The molecule has 2 N–H and O–H groups in total. The molecule has 0 unspecified atom stereocenters. The Morgan fingerprint density at radius 1 is 1.37 bits per heavy atom. The summed E-state index contributed by atoms with van der Waals surface area (Å²) in [4.78, 5) is 13.1. The van der Waals surface area contributed by atoms with Crippen molar-refractivity contribution in [2.24, 2.45) is 0 Å². The third-order valence-electron chi connectivity index (χ3n) is 2.96. The first-order valence-corrected chi connectivity index (χ1v) is 6.14. The molecule has 4 nitrogen and oxygen atoms in total. The molecule has 1 aliphatic rings. The minimum Gasteiger partial charge on any atom is -0.388 e. The van der Waals surface area contributed by atoms with Crippen molar-refractivity contribution in [2.75, 3.05) is 13.1 Å². The average Bonchev–Trinajstić information content (AvgIpc) is 2.69. The second kappa shape index (κ2) is 5.69. The van der Waals surface area contributed by atoms with Crippen LogP contribution in [-0.4, -0.2) is 46.3 Å². The van der Waals surface area contributed by atoms with E-state index in [1.165, 1.54) is 35.3 Å². The average molecular weight is 286 g/mol. The normalized spacial score (nSPS) is 23.3. The fraction of sp³-hybridized carbons (Fsp3) is 0.308. The second-order valence-electron chi connectivity index (χ2n) is 4.35. The minimum atomic E-state index is -0.936. The maximum Gasteiger partial charge on any atom is 0.246 e. The number of aliphatic hydroxyl groups excluding tert-OH is 2. The Hall–Kier alpha value is -1.43. The predicted molar refractivity (Wildman–Crippen MR) is 69.0 cm³/mol. The molecule has 0 saturated carbocycles. The van der Waals surface area contributed by atoms with Crippen LogP contribution in [0.15, 0.2) is 24.3 Å². The van der Waals surface area contributed by atoms with Gasteiger partial charge >= 0.3 is 0 Å². The van der Waals surface area contributed by atoms with Crippen LogP contribution in [0, 0.1) is 5.82 Å². The Morgan fingerprint density at radius 3 is 2.58 bits per heavy atom. The molecule has 19 heavy (non-hydrogen) atoms. The quantitative estimate of drug-likeness (QED) is 0.799. The van der Waals surface area contributed by atoms with Crippen LogP contribution >= 0.6 is 11.6 Å². The van der Waals surface area contributed by atoms with Gasteiger partial charge in [-0.25, -0.2) is 4.39 Å². The van der Waals surface area contributed by atoms with Crippen LogP contribution in [0.25, 0.3) is 6.08 Å². The largest absolute Gasteiger partial charge is 0.388 e. The topological polar surface area (TPSA) is 60.8 Å². The first-order chi connectivity index (χ1) is 8.99. The van der Waals surface area contributed by atoms with E-state index in [-0.39, 0.29) is 23.7 Å². The molecule has 6 heteroatoms. The fourth-order valence-electron chi connectivity index (χ4n) is 1.88. The van der Waals surface area contributed by atoms with Crippen molar-refractivity contribution in [3.05, 3.63) is 40.7 Å². The molecule has 2 atom stereocenters. The van der Waals surface area contributed by atoms with Gasteiger partial charge in [0.1, 0.15) is 5.82 Å². The zero-order chi connectivity index (χ0) is 14.0. The van der Waals surface area contributed by atoms with Crippen molar-refractivity contribution in [2.45, 2.75) is 12.2 Å². The van der Waals surface area contributed by atoms with Crippen LogP contribution in [0.1, 0.15) is 5.56 Å². The summed E-state index contributed by atoms with van der Waals surface area (Å²) in [5.41, 5.74) is 0.137. The van der Waals surface area contributed by atoms with E-state index < -0.39 is 23.9 Å². The third-order valence-corrected chi connectivity index (χ3v) is 3.29. The molecule has 2 rings (SSSR count). The number of β-amino-alcohol motifs (C(OH)–C–C–N with tert-alkyl or cyclic N) is 2. The molecule has 1 amide bonds. The number of aliphatic hydroxyl groups is 2. The lowest BCUT2D eigenvalue weighted by molar-refractivity contribution is -0.125. The van der Waals surface area contributed by atoms with Gasteiger partial charge in [0.05, 0.1) is 17.2 Å². The summed E-state index contributed by atoms with van der Waals surface area (Å²) in [6.07, 6.45) is 0.593. The molecule has 0 aromatic heterocycles. The van der Waals surface area contributed by atoms with E-state index in [0.29, 0.717) is 0 Å². The van der Waals surface area contributed by atoms with E-state index in [1.54, 1.807) is 0 Å². The molecule has 1 heterocycles. The zero-order valence-corrected chi connectivity index (χ0v) is 10.7. The number of rotatable bonds is 2. The number of nitrogens with zero attached hydrogens (tertiary/aromatic N) is 1. The van der Waals surface area contributed by atoms with Gasteiger partial charge in [-0.2, -0.15) is 0 Å². The van der Waals surface area contributed by atoms with Gasteiger partial charge in [-0.15, -0.1) is 0 Å². The van der Waals surface area contributed by atoms with Gasteiger partial charge in [0.25, 0.3) is 0 Å². The van der Waals surface area contributed by atoms with Crippen molar-refractivity contribution in [3.8, 4) is 0 Å². The van der Waals surface area contributed by atoms with E-state index in [9.17, 15) is 19.4 Å². The van der Waals surface area contributed by atoms with Crippen LogP contribution in [0.4, 0.5) is 4.39 Å². The Bertz CT molecular complexity index is 490. The van der Waals surface area contributed by atoms with Gasteiger partial charge in [-0.3, -0.25) is 4.79 Å². The lowest BCUT2D eigenvalue weighted by Crippen LogP contribution is -2.27. The predicted octanol–water partition coefficient (Wildman–Crippen LogP) is 1.06. The number of likely N-dealkylation sites (tertiary alicyclic amines) is 1. The van der Waals surface area contributed by atoms with Gasteiger partial charge in [0.2, 0.25) is 5.91 Å². The van der Waals surface area contributed by atoms with Crippen LogP contribution in [0.5, 0.6) is 0 Å². The van der Waals surface area contributed by atoms with Gasteiger partial charge in [0, 0.05) is 24.7 Å². The molecule has 102 valence electrons. The summed E-state index contributed by atoms with van der Waals surface area (Å²) >= 11 is 5.82. The Labute approximate surface area is 114 Å². The highest BCUT2D eigenvalue weighted by Crippen LogP contribution is 2.20. The van der Waals surface area contributed by atoms with Crippen molar-refractivity contribution >= 4 is 23.6 Å². The number of amides is 1. The summed E-state index contributed by atoms with van der Waals surface area (Å²) < 4.78 is 13.5. The molecule has 1 aromatic rings. The number of benzene rings is 1. The highest BCUT2D eigenvalue weighted by atomic mass is 35.5. The SMILES string of the molecule is O=C(C=Cc1c(F)cccc1Cl)N1C[C@@H](O)[C@@H](O)C1. The Kier molecular flexibility index (Phi) is 4.19. The number of carbonyl (C=O) groups excluding carboxylic acids is 1. The standard InChI is InChI=1S/C13H13ClFNO3/c14-9-2-1-3-10(15)8(9)4-5-13(19)16-6-11(17)12(18)7-16/h1-5,11-12,17-18H,6-7H2/t11-,12+. The Balaban J connectivity index is 2.09.